The van der Waals surface area contributed by atoms with Crippen LogP contribution in [0.2, 0.25) is 0 Å². The van der Waals surface area contributed by atoms with Crippen molar-refractivity contribution in [1.82, 2.24) is 0 Å². The van der Waals surface area contributed by atoms with Gasteiger partial charge in [0.25, 0.3) is 0 Å². The lowest BCUT2D eigenvalue weighted by atomic mass is 9.72. The summed E-state index contributed by atoms with van der Waals surface area (Å²) in [7, 11) is 0. The van der Waals surface area contributed by atoms with E-state index in [1.54, 1.807) is 0 Å². The first-order valence-electron chi connectivity index (χ1n) is 19.6. The molecule has 0 unspecified atom stereocenters. The first kappa shape index (κ1) is 34.4. The predicted octanol–water partition coefficient (Wildman–Crippen LogP) is 14.8. The number of para-hydroxylation sites is 4. The molecule has 0 saturated heterocycles. The number of nitrogens with zero attached hydrogens (tertiary/aromatic N) is 2. The Morgan fingerprint density at radius 3 is 0.907 bits per heavy atom. The van der Waals surface area contributed by atoms with Crippen molar-refractivity contribution in [1.29, 1.82) is 0 Å². The largest absolute Gasteiger partial charge is 0.310 e. The van der Waals surface area contributed by atoms with Crippen LogP contribution in [0.5, 0.6) is 0 Å². The zero-order chi connectivity index (χ0) is 37.9. The summed E-state index contributed by atoms with van der Waals surface area (Å²) in [5.74, 6) is 0. The molecule has 7 aromatic carbocycles. The van der Waals surface area contributed by atoms with Gasteiger partial charge >= 0.3 is 0 Å². The average Bonchev–Trinajstić information content (AvgIpc) is 3.13. The minimum absolute atomic E-state index is 0.102. The highest BCUT2D eigenvalue weighted by atomic mass is 15.2. The Kier molecular flexibility index (Phi) is 7.38. The van der Waals surface area contributed by atoms with Crippen LogP contribution in [-0.2, 0) is 21.7 Å². The van der Waals surface area contributed by atoms with E-state index in [1.807, 2.05) is 0 Å². The molecule has 2 heterocycles. The van der Waals surface area contributed by atoms with Gasteiger partial charge in [0.1, 0.15) is 0 Å². The summed E-state index contributed by atoms with van der Waals surface area (Å²) >= 11 is 0. The molecule has 2 aliphatic heterocycles. The fraction of sp³-hybridized carbons (Fsp3) is 0.269. The van der Waals surface area contributed by atoms with E-state index >= 15 is 0 Å². The van der Waals surface area contributed by atoms with Gasteiger partial charge in [-0.3, -0.25) is 0 Å². The molecule has 0 atom stereocenters. The molecule has 9 rings (SSSR count). The van der Waals surface area contributed by atoms with Crippen LogP contribution in [0.4, 0.5) is 34.1 Å². The molecule has 54 heavy (non-hydrogen) atoms. The van der Waals surface area contributed by atoms with Crippen molar-refractivity contribution >= 4 is 55.7 Å². The number of anilines is 6. The van der Waals surface area contributed by atoms with E-state index in [4.69, 9.17) is 0 Å². The molecule has 0 spiro atoms. The van der Waals surface area contributed by atoms with E-state index in [1.165, 1.54) is 89.0 Å². The quantitative estimate of drug-likeness (QED) is 0.165. The van der Waals surface area contributed by atoms with Crippen molar-refractivity contribution in [2.45, 2.75) is 90.9 Å². The minimum atomic E-state index is -0.110. The third kappa shape index (κ3) is 4.92. The second kappa shape index (κ2) is 11.6. The van der Waals surface area contributed by atoms with Gasteiger partial charge in [-0.1, -0.05) is 154 Å². The zero-order valence-electron chi connectivity index (χ0n) is 33.6. The Bertz CT molecular complexity index is 2360. The Balaban J connectivity index is 1.33. The summed E-state index contributed by atoms with van der Waals surface area (Å²) in [4.78, 5) is 5.00. The minimum Gasteiger partial charge on any atom is -0.310 e. The molecule has 0 saturated carbocycles. The van der Waals surface area contributed by atoms with Gasteiger partial charge in [0.15, 0.2) is 0 Å². The van der Waals surface area contributed by atoms with Crippen LogP contribution in [0.15, 0.2) is 133 Å². The van der Waals surface area contributed by atoms with Gasteiger partial charge in [-0.15, -0.1) is 0 Å². The molecular weight excluding hydrogens is 653 g/mol. The van der Waals surface area contributed by atoms with Crippen LogP contribution < -0.4 is 9.80 Å². The van der Waals surface area contributed by atoms with Crippen molar-refractivity contribution in [2.24, 2.45) is 0 Å². The van der Waals surface area contributed by atoms with Gasteiger partial charge in [-0.2, -0.15) is 0 Å². The summed E-state index contributed by atoms with van der Waals surface area (Å²) in [6.07, 6.45) is 0. The van der Waals surface area contributed by atoms with E-state index < -0.39 is 0 Å². The topological polar surface area (TPSA) is 6.48 Å². The Labute approximate surface area is 322 Å². The van der Waals surface area contributed by atoms with E-state index in [0.29, 0.717) is 0 Å². The Morgan fingerprint density at radius 2 is 0.630 bits per heavy atom. The van der Waals surface area contributed by atoms with Crippen LogP contribution in [0.3, 0.4) is 0 Å². The number of hydrogen-bond acceptors (Lipinski definition) is 2. The molecule has 2 nitrogen and oxygen atoms in total. The maximum absolute atomic E-state index is 2.50. The molecule has 0 amide bonds. The lowest BCUT2D eigenvalue weighted by Gasteiger charge is -2.42. The van der Waals surface area contributed by atoms with Crippen LogP contribution in [0.25, 0.3) is 21.5 Å². The molecule has 2 heteroatoms. The number of rotatable bonds is 2. The van der Waals surface area contributed by atoms with Gasteiger partial charge in [0, 0.05) is 22.2 Å². The SMILES string of the molecule is CC(C)(C)c1c2ccc(N3c4ccccc4C(C)(C)c4ccccc43)cc2c(C(C)(C)C)c2ccc(N3c4ccccc4C(C)(C)c4ccccc43)cc12. The monoisotopic (exact) mass is 704 g/mol. The molecule has 0 aromatic heterocycles. The first-order chi connectivity index (χ1) is 25.6. The van der Waals surface area contributed by atoms with Crippen molar-refractivity contribution in [3.8, 4) is 0 Å². The third-order valence-electron chi connectivity index (χ3n) is 12.4. The van der Waals surface area contributed by atoms with E-state index in [9.17, 15) is 0 Å². The standard InChI is InChI=1S/C52H52N2/c1-49(2,3)47-35-29-27-34(54-45-25-17-13-21-41(45)52(9,10)42-22-14-18-26-46(42)54)32-38(35)48(50(4,5)6)36-30-28-33(31-37(36)47)53-43-23-15-11-19-39(43)51(7,8)40-20-12-16-24-44(40)53/h11-32H,1-10H3. The predicted molar refractivity (Wildman–Crippen MR) is 232 cm³/mol. The molecule has 0 bridgehead atoms. The summed E-state index contributed by atoms with van der Waals surface area (Å²) < 4.78 is 0. The lowest BCUT2D eigenvalue weighted by Crippen LogP contribution is -2.30. The molecule has 0 fully saturated rings. The fourth-order valence-electron chi connectivity index (χ4n) is 9.99. The van der Waals surface area contributed by atoms with Crippen molar-refractivity contribution in [3.05, 3.63) is 167 Å². The van der Waals surface area contributed by atoms with Crippen LogP contribution in [-0.4, -0.2) is 0 Å². The molecule has 270 valence electrons. The van der Waals surface area contributed by atoms with Gasteiger partial charge in [-0.25, -0.2) is 0 Å². The highest BCUT2D eigenvalue weighted by Gasteiger charge is 2.39. The second-order valence-electron chi connectivity index (χ2n) is 18.7. The van der Waals surface area contributed by atoms with Crippen LogP contribution in [0.1, 0.15) is 103 Å². The second-order valence-corrected chi connectivity index (χ2v) is 18.7. The molecule has 2 aliphatic rings. The molecule has 0 aliphatic carbocycles. The Morgan fingerprint density at radius 1 is 0.352 bits per heavy atom. The lowest BCUT2D eigenvalue weighted by molar-refractivity contribution is 0.593. The van der Waals surface area contributed by atoms with Gasteiger partial charge in [0.05, 0.1) is 22.7 Å². The van der Waals surface area contributed by atoms with Crippen LogP contribution in [0, 0.1) is 0 Å². The number of benzene rings is 7. The molecule has 7 aromatic rings. The van der Waals surface area contributed by atoms with Gasteiger partial charge < -0.3 is 9.80 Å². The zero-order valence-corrected chi connectivity index (χ0v) is 33.6. The van der Waals surface area contributed by atoms with Crippen LogP contribution >= 0.6 is 0 Å². The van der Waals surface area contributed by atoms with Crippen molar-refractivity contribution < 1.29 is 0 Å². The number of hydrogen-bond donors (Lipinski definition) is 0. The van der Waals surface area contributed by atoms with E-state index in [2.05, 4.69) is 212 Å². The van der Waals surface area contributed by atoms with Crippen molar-refractivity contribution in [3.63, 3.8) is 0 Å². The highest BCUT2D eigenvalue weighted by molar-refractivity contribution is 6.10. The fourth-order valence-corrected chi connectivity index (χ4v) is 9.99. The maximum Gasteiger partial charge on any atom is 0.0502 e. The molecular formula is C52H52N2. The van der Waals surface area contributed by atoms with Gasteiger partial charge in [0.2, 0.25) is 0 Å². The van der Waals surface area contributed by atoms with Crippen molar-refractivity contribution in [2.75, 3.05) is 9.80 Å². The third-order valence-corrected chi connectivity index (χ3v) is 12.4. The summed E-state index contributed by atoms with van der Waals surface area (Å²) in [6.45, 7) is 23.7. The smallest absolute Gasteiger partial charge is 0.0502 e. The Hall–Kier alpha value is -5.34. The average molecular weight is 705 g/mol. The normalized spacial score (nSPS) is 15.8. The van der Waals surface area contributed by atoms with Gasteiger partial charge in [-0.05, 0) is 114 Å². The summed E-state index contributed by atoms with van der Waals surface area (Å²) in [5, 5.41) is 5.33. The van der Waals surface area contributed by atoms with E-state index in [-0.39, 0.29) is 21.7 Å². The molecule has 0 N–H and O–H groups in total. The summed E-state index contributed by atoms with van der Waals surface area (Å²) in [6, 6.07) is 50.4. The molecule has 0 radical (unpaired) electrons. The highest BCUT2D eigenvalue weighted by Crippen LogP contribution is 2.55. The summed E-state index contributed by atoms with van der Waals surface area (Å²) in [5.41, 5.74) is 15.2. The number of fused-ring (bicyclic) bond motifs is 6. The maximum atomic E-state index is 2.50. The first-order valence-corrected chi connectivity index (χ1v) is 19.6. The van der Waals surface area contributed by atoms with E-state index in [0.717, 1.165) is 0 Å².